The summed E-state index contributed by atoms with van der Waals surface area (Å²) in [7, 11) is 3.37. The van der Waals surface area contributed by atoms with E-state index in [-0.39, 0.29) is 0 Å². The maximum atomic E-state index is 5.29. The fourth-order valence-electron chi connectivity index (χ4n) is 2.78. The zero-order valence-electron chi connectivity index (χ0n) is 14.8. The highest BCUT2D eigenvalue weighted by Crippen LogP contribution is 2.29. The van der Waals surface area contributed by atoms with Gasteiger partial charge < -0.3 is 9.47 Å². The molecule has 126 valence electrons. The van der Waals surface area contributed by atoms with E-state index in [9.17, 15) is 0 Å². The predicted octanol–water partition coefficient (Wildman–Crippen LogP) is 5.60. The van der Waals surface area contributed by atoms with Gasteiger partial charge in [-0.25, -0.2) is 0 Å². The maximum Gasteiger partial charge on any atom is 0.118 e. The Morgan fingerprint density at radius 3 is 1.60 bits per heavy atom. The quantitative estimate of drug-likeness (QED) is 0.567. The molecule has 0 bridgehead atoms. The van der Waals surface area contributed by atoms with Crippen LogP contribution in [0.3, 0.4) is 0 Å². The zero-order valence-corrected chi connectivity index (χ0v) is 14.8. The lowest BCUT2D eigenvalue weighted by Crippen LogP contribution is -1.91. The highest BCUT2D eigenvalue weighted by Gasteiger charge is 2.07. The van der Waals surface area contributed by atoms with Crippen LogP contribution in [-0.2, 0) is 0 Å². The van der Waals surface area contributed by atoms with E-state index in [1.54, 1.807) is 14.2 Å². The molecule has 3 aromatic rings. The van der Waals surface area contributed by atoms with E-state index in [1.807, 2.05) is 24.3 Å². The number of aryl methyl sites for hydroxylation is 1. The summed E-state index contributed by atoms with van der Waals surface area (Å²) >= 11 is 0. The molecule has 0 amide bonds. The van der Waals surface area contributed by atoms with Gasteiger partial charge in [0.2, 0.25) is 0 Å². The van der Waals surface area contributed by atoms with Gasteiger partial charge in [-0.3, -0.25) is 0 Å². The van der Waals surface area contributed by atoms with Gasteiger partial charge >= 0.3 is 0 Å². The second kappa shape index (κ2) is 7.71. The van der Waals surface area contributed by atoms with Gasteiger partial charge in [0.15, 0.2) is 0 Å². The topological polar surface area (TPSA) is 18.5 Å². The molecule has 0 unspecified atom stereocenters. The molecule has 0 saturated carbocycles. The minimum atomic E-state index is 0.855. The molecular formula is C23H22O2. The van der Waals surface area contributed by atoms with Gasteiger partial charge in [-0.15, -0.1) is 0 Å². The lowest BCUT2D eigenvalue weighted by Gasteiger charge is -2.12. The van der Waals surface area contributed by atoms with Crippen molar-refractivity contribution in [2.24, 2.45) is 0 Å². The van der Waals surface area contributed by atoms with Crippen LogP contribution in [0.2, 0.25) is 0 Å². The first kappa shape index (κ1) is 16.8. The van der Waals surface area contributed by atoms with Crippen LogP contribution in [-0.4, -0.2) is 14.2 Å². The van der Waals surface area contributed by atoms with E-state index in [0.717, 1.165) is 22.6 Å². The summed E-state index contributed by atoms with van der Waals surface area (Å²) < 4.78 is 10.6. The van der Waals surface area contributed by atoms with Crippen LogP contribution in [0.4, 0.5) is 0 Å². The molecular weight excluding hydrogens is 308 g/mol. The van der Waals surface area contributed by atoms with Crippen molar-refractivity contribution in [3.8, 4) is 11.5 Å². The van der Waals surface area contributed by atoms with Crippen molar-refractivity contribution in [3.63, 3.8) is 0 Å². The molecule has 0 spiro atoms. The highest BCUT2D eigenvalue weighted by atomic mass is 16.5. The average molecular weight is 330 g/mol. The van der Waals surface area contributed by atoms with Crippen molar-refractivity contribution in [1.82, 2.24) is 0 Å². The smallest absolute Gasteiger partial charge is 0.118 e. The Kier molecular flexibility index (Phi) is 5.20. The summed E-state index contributed by atoms with van der Waals surface area (Å²) in [5.74, 6) is 1.71. The maximum absolute atomic E-state index is 5.29. The van der Waals surface area contributed by atoms with E-state index in [2.05, 4.69) is 61.5 Å². The van der Waals surface area contributed by atoms with Crippen LogP contribution in [0.1, 0.15) is 22.3 Å². The first-order valence-corrected chi connectivity index (χ1v) is 8.27. The van der Waals surface area contributed by atoms with Crippen LogP contribution in [0.25, 0.3) is 11.6 Å². The second-order valence-corrected chi connectivity index (χ2v) is 5.87. The SMILES string of the molecule is COc1ccc(C(=Cc2ccccc2C)c2ccc(OC)cc2)cc1. The monoisotopic (exact) mass is 330 g/mol. The average Bonchev–Trinajstić information content (AvgIpc) is 2.68. The third-order valence-corrected chi connectivity index (χ3v) is 4.29. The lowest BCUT2D eigenvalue weighted by atomic mass is 9.94. The molecule has 3 rings (SSSR count). The number of ether oxygens (including phenoxy) is 2. The summed E-state index contributed by atoms with van der Waals surface area (Å²) in [6.45, 7) is 2.13. The third kappa shape index (κ3) is 3.92. The number of methoxy groups -OCH3 is 2. The standard InChI is InChI=1S/C23H22O2/c1-17-6-4-5-7-20(17)16-23(18-8-12-21(24-2)13-9-18)19-10-14-22(25-3)15-11-19/h4-16H,1-3H3. The summed E-state index contributed by atoms with van der Waals surface area (Å²) in [6.07, 6.45) is 2.24. The third-order valence-electron chi connectivity index (χ3n) is 4.29. The van der Waals surface area contributed by atoms with Crippen LogP contribution in [0.15, 0.2) is 72.8 Å². The lowest BCUT2D eigenvalue weighted by molar-refractivity contribution is 0.414. The van der Waals surface area contributed by atoms with E-state index < -0.39 is 0 Å². The van der Waals surface area contributed by atoms with E-state index in [1.165, 1.54) is 16.7 Å². The van der Waals surface area contributed by atoms with Crippen molar-refractivity contribution >= 4 is 11.6 Å². The molecule has 0 aliphatic carbocycles. The molecule has 0 aliphatic heterocycles. The number of hydrogen-bond acceptors (Lipinski definition) is 2. The van der Waals surface area contributed by atoms with Gasteiger partial charge in [0.1, 0.15) is 11.5 Å². The van der Waals surface area contributed by atoms with Crippen LogP contribution >= 0.6 is 0 Å². The molecule has 0 heterocycles. The Labute approximate surface area is 149 Å². The second-order valence-electron chi connectivity index (χ2n) is 5.87. The Morgan fingerprint density at radius 1 is 0.680 bits per heavy atom. The molecule has 0 atom stereocenters. The molecule has 0 saturated heterocycles. The Bertz CT molecular complexity index is 810. The minimum absolute atomic E-state index is 0.855. The Morgan fingerprint density at radius 2 is 1.16 bits per heavy atom. The van der Waals surface area contributed by atoms with Gasteiger partial charge in [-0.1, -0.05) is 48.5 Å². The minimum Gasteiger partial charge on any atom is -0.497 e. The molecule has 0 aliphatic rings. The highest BCUT2D eigenvalue weighted by molar-refractivity contribution is 5.92. The van der Waals surface area contributed by atoms with Gasteiger partial charge in [0.05, 0.1) is 14.2 Å². The number of rotatable bonds is 5. The van der Waals surface area contributed by atoms with Gasteiger partial charge in [0.25, 0.3) is 0 Å². The number of benzene rings is 3. The van der Waals surface area contributed by atoms with E-state index in [0.29, 0.717) is 0 Å². The summed E-state index contributed by atoms with van der Waals surface area (Å²) in [6, 6.07) is 24.7. The molecule has 3 aromatic carbocycles. The zero-order chi connectivity index (χ0) is 17.6. The Hall–Kier alpha value is -3.00. The molecule has 2 heteroatoms. The van der Waals surface area contributed by atoms with Crippen LogP contribution in [0, 0.1) is 6.92 Å². The van der Waals surface area contributed by atoms with Gasteiger partial charge in [-0.2, -0.15) is 0 Å². The molecule has 25 heavy (non-hydrogen) atoms. The van der Waals surface area contributed by atoms with E-state index in [4.69, 9.17) is 9.47 Å². The molecule has 2 nitrogen and oxygen atoms in total. The fourth-order valence-corrected chi connectivity index (χ4v) is 2.78. The molecule has 0 N–H and O–H groups in total. The molecule has 0 fully saturated rings. The van der Waals surface area contributed by atoms with Crippen LogP contribution in [0.5, 0.6) is 11.5 Å². The summed E-state index contributed by atoms with van der Waals surface area (Å²) in [4.78, 5) is 0. The summed E-state index contributed by atoms with van der Waals surface area (Å²) in [5.41, 5.74) is 5.93. The van der Waals surface area contributed by atoms with Gasteiger partial charge in [-0.05, 0) is 65.1 Å². The first-order valence-electron chi connectivity index (χ1n) is 8.27. The number of hydrogen-bond donors (Lipinski definition) is 0. The van der Waals surface area contributed by atoms with Crippen molar-refractivity contribution in [2.45, 2.75) is 6.92 Å². The molecule has 0 aromatic heterocycles. The van der Waals surface area contributed by atoms with Crippen LogP contribution < -0.4 is 9.47 Å². The Balaban J connectivity index is 2.11. The van der Waals surface area contributed by atoms with Crippen molar-refractivity contribution in [3.05, 3.63) is 95.1 Å². The largest absolute Gasteiger partial charge is 0.497 e. The van der Waals surface area contributed by atoms with Gasteiger partial charge in [0, 0.05) is 0 Å². The van der Waals surface area contributed by atoms with Crippen molar-refractivity contribution in [1.29, 1.82) is 0 Å². The molecule has 0 radical (unpaired) electrons. The van der Waals surface area contributed by atoms with E-state index >= 15 is 0 Å². The fraction of sp³-hybridized carbons (Fsp3) is 0.130. The van der Waals surface area contributed by atoms with Crippen molar-refractivity contribution < 1.29 is 9.47 Å². The predicted molar refractivity (Wildman–Crippen MR) is 104 cm³/mol. The summed E-state index contributed by atoms with van der Waals surface area (Å²) in [5, 5.41) is 0. The van der Waals surface area contributed by atoms with Crippen molar-refractivity contribution in [2.75, 3.05) is 14.2 Å². The first-order chi connectivity index (χ1) is 12.2. The normalized spacial score (nSPS) is 10.2.